The molecule has 4 amide bonds. The van der Waals surface area contributed by atoms with Gasteiger partial charge in [0.1, 0.15) is 11.2 Å². The van der Waals surface area contributed by atoms with E-state index in [9.17, 15) is 24.0 Å². The molecule has 1 saturated heterocycles. The third kappa shape index (κ3) is 10.8. The summed E-state index contributed by atoms with van der Waals surface area (Å²) in [7, 11) is 0. The average Bonchev–Trinajstić information content (AvgIpc) is 2.93. The zero-order valence-electron chi connectivity index (χ0n) is 20.1. The van der Waals surface area contributed by atoms with E-state index in [-0.39, 0.29) is 25.8 Å². The highest BCUT2D eigenvalue weighted by molar-refractivity contribution is 6.01. The van der Waals surface area contributed by atoms with Gasteiger partial charge in [0.2, 0.25) is 5.96 Å². The van der Waals surface area contributed by atoms with Gasteiger partial charge in [0, 0.05) is 25.8 Å². The van der Waals surface area contributed by atoms with Crippen LogP contribution in [-0.2, 0) is 28.7 Å². The van der Waals surface area contributed by atoms with Crippen molar-refractivity contribution in [1.29, 1.82) is 5.41 Å². The number of ether oxygens (including phenoxy) is 2. The van der Waals surface area contributed by atoms with Crippen molar-refractivity contribution in [2.24, 2.45) is 0 Å². The molecule has 1 fully saturated rings. The van der Waals surface area contributed by atoms with Gasteiger partial charge >= 0.3 is 18.2 Å². The van der Waals surface area contributed by atoms with Gasteiger partial charge in [-0.1, -0.05) is 6.42 Å². The first-order chi connectivity index (χ1) is 15.1. The molecule has 0 aliphatic carbocycles. The SMILES string of the molecule is CC(C)(C)OC(=O)NC(=N)N(CCCCCC(=O)ON1C(=O)CCC1=O)C(=O)OC(C)(C)C. The van der Waals surface area contributed by atoms with E-state index in [1.165, 1.54) is 0 Å². The van der Waals surface area contributed by atoms with Crippen molar-refractivity contribution in [2.45, 2.75) is 91.3 Å². The summed E-state index contributed by atoms with van der Waals surface area (Å²) >= 11 is 0. The third-order valence-electron chi connectivity index (χ3n) is 3.96. The van der Waals surface area contributed by atoms with E-state index in [1.54, 1.807) is 41.5 Å². The quantitative estimate of drug-likeness (QED) is 0.249. The number of imide groups is 1. The van der Waals surface area contributed by atoms with Gasteiger partial charge in [-0.2, -0.15) is 0 Å². The summed E-state index contributed by atoms with van der Waals surface area (Å²) in [4.78, 5) is 65.0. The maximum absolute atomic E-state index is 12.5. The first kappa shape index (κ1) is 27.9. The van der Waals surface area contributed by atoms with E-state index in [4.69, 9.17) is 19.7 Å². The summed E-state index contributed by atoms with van der Waals surface area (Å²) in [6, 6.07) is 0. The lowest BCUT2D eigenvalue weighted by Crippen LogP contribution is -2.49. The van der Waals surface area contributed by atoms with Crippen molar-refractivity contribution >= 4 is 35.9 Å². The Balaban J connectivity index is 2.56. The molecule has 0 radical (unpaired) electrons. The second kappa shape index (κ2) is 11.6. The Labute approximate surface area is 193 Å². The first-order valence-corrected chi connectivity index (χ1v) is 10.7. The normalized spacial score (nSPS) is 14.1. The monoisotopic (exact) mass is 470 g/mol. The standard InChI is InChI=1S/C21H34N4O8/c1-20(2,3)31-18(29)23-17(22)24(19(30)32-21(4,5)6)13-9-7-8-10-16(28)33-25-14(26)11-12-15(25)27/h7-13H2,1-6H3,(H2,22,23,29). The molecule has 0 bridgehead atoms. The van der Waals surface area contributed by atoms with Crippen LogP contribution in [0.15, 0.2) is 0 Å². The first-order valence-electron chi connectivity index (χ1n) is 10.7. The number of alkyl carbamates (subject to hydrolysis) is 1. The Morgan fingerprint density at radius 1 is 0.939 bits per heavy atom. The summed E-state index contributed by atoms with van der Waals surface area (Å²) in [6.07, 6.45) is -0.459. The number of nitrogens with zero attached hydrogens (tertiary/aromatic N) is 2. The molecule has 0 aromatic carbocycles. The number of rotatable bonds is 7. The number of unbranched alkanes of at least 4 members (excludes halogenated alkanes) is 2. The van der Waals surface area contributed by atoms with Crippen LogP contribution in [0.4, 0.5) is 9.59 Å². The number of carbonyl (C=O) groups is 5. The lowest BCUT2D eigenvalue weighted by molar-refractivity contribution is -0.197. The van der Waals surface area contributed by atoms with E-state index < -0.39 is 47.1 Å². The molecular weight excluding hydrogens is 436 g/mol. The summed E-state index contributed by atoms with van der Waals surface area (Å²) in [5.41, 5.74) is -1.59. The van der Waals surface area contributed by atoms with Crippen LogP contribution in [0.5, 0.6) is 0 Å². The molecule has 0 aromatic heterocycles. The van der Waals surface area contributed by atoms with Crippen molar-refractivity contribution in [3.05, 3.63) is 0 Å². The van der Waals surface area contributed by atoms with Crippen LogP contribution >= 0.6 is 0 Å². The lowest BCUT2D eigenvalue weighted by atomic mass is 10.2. The van der Waals surface area contributed by atoms with Crippen molar-refractivity contribution in [1.82, 2.24) is 15.3 Å². The van der Waals surface area contributed by atoms with Crippen molar-refractivity contribution in [3.8, 4) is 0 Å². The predicted molar refractivity (Wildman–Crippen MR) is 116 cm³/mol. The number of hydroxylamine groups is 2. The van der Waals surface area contributed by atoms with Gasteiger partial charge in [-0.3, -0.25) is 20.3 Å². The van der Waals surface area contributed by atoms with Crippen LogP contribution in [0.25, 0.3) is 0 Å². The molecule has 1 aliphatic rings. The molecule has 0 spiro atoms. The van der Waals surface area contributed by atoms with E-state index >= 15 is 0 Å². The van der Waals surface area contributed by atoms with Gasteiger partial charge in [0.05, 0.1) is 0 Å². The minimum Gasteiger partial charge on any atom is -0.444 e. The number of carbonyl (C=O) groups excluding carboxylic acids is 5. The van der Waals surface area contributed by atoms with Crippen LogP contribution in [0.2, 0.25) is 0 Å². The van der Waals surface area contributed by atoms with Crippen LogP contribution in [0.1, 0.15) is 80.1 Å². The third-order valence-corrected chi connectivity index (χ3v) is 3.96. The van der Waals surface area contributed by atoms with Crippen LogP contribution < -0.4 is 5.32 Å². The molecule has 1 rings (SSSR count). The minimum absolute atomic E-state index is 0.0237. The highest BCUT2D eigenvalue weighted by atomic mass is 16.7. The summed E-state index contributed by atoms with van der Waals surface area (Å²) in [5, 5.41) is 10.8. The number of nitrogens with one attached hydrogen (secondary N) is 2. The fourth-order valence-electron chi connectivity index (χ4n) is 2.60. The van der Waals surface area contributed by atoms with Gasteiger partial charge in [-0.15, -0.1) is 5.06 Å². The Morgan fingerprint density at radius 2 is 1.48 bits per heavy atom. The maximum Gasteiger partial charge on any atom is 0.417 e. The van der Waals surface area contributed by atoms with Gasteiger partial charge in [0.25, 0.3) is 11.8 Å². The molecule has 12 nitrogen and oxygen atoms in total. The second-order valence-corrected chi connectivity index (χ2v) is 9.46. The number of hydrogen-bond acceptors (Lipinski definition) is 9. The zero-order valence-corrected chi connectivity index (χ0v) is 20.1. The van der Waals surface area contributed by atoms with Gasteiger partial charge in [-0.05, 0) is 54.4 Å². The Kier molecular flexibility index (Phi) is 9.80. The fourth-order valence-corrected chi connectivity index (χ4v) is 2.60. The van der Waals surface area contributed by atoms with E-state index in [1.807, 2.05) is 0 Å². The highest BCUT2D eigenvalue weighted by Gasteiger charge is 2.32. The van der Waals surface area contributed by atoms with E-state index in [2.05, 4.69) is 5.32 Å². The molecule has 2 N–H and O–H groups in total. The fraction of sp³-hybridized carbons (Fsp3) is 0.714. The van der Waals surface area contributed by atoms with Crippen molar-refractivity contribution < 1.29 is 38.3 Å². The minimum atomic E-state index is -0.880. The number of hydrogen-bond donors (Lipinski definition) is 2. The average molecular weight is 471 g/mol. The van der Waals surface area contributed by atoms with E-state index in [0.717, 1.165) is 4.90 Å². The second-order valence-electron chi connectivity index (χ2n) is 9.46. The van der Waals surface area contributed by atoms with Gasteiger partial charge in [0.15, 0.2) is 0 Å². The molecule has 1 aliphatic heterocycles. The Morgan fingerprint density at radius 3 is 2.00 bits per heavy atom. The van der Waals surface area contributed by atoms with Gasteiger partial charge in [-0.25, -0.2) is 19.3 Å². The van der Waals surface area contributed by atoms with Crippen molar-refractivity contribution in [2.75, 3.05) is 6.54 Å². The molecule has 0 atom stereocenters. The molecule has 186 valence electrons. The largest absolute Gasteiger partial charge is 0.444 e. The topological polar surface area (TPSA) is 155 Å². The predicted octanol–water partition coefficient (Wildman–Crippen LogP) is 2.85. The molecule has 0 saturated carbocycles. The Hall–Kier alpha value is -3.18. The van der Waals surface area contributed by atoms with E-state index in [0.29, 0.717) is 24.3 Å². The van der Waals surface area contributed by atoms with Gasteiger partial charge < -0.3 is 14.3 Å². The molecule has 1 heterocycles. The van der Waals surface area contributed by atoms with Crippen molar-refractivity contribution in [3.63, 3.8) is 0 Å². The molecule has 12 heteroatoms. The van der Waals surface area contributed by atoms with Crippen LogP contribution in [0.3, 0.4) is 0 Å². The van der Waals surface area contributed by atoms with Crippen LogP contribution in [-0.4, -0.2) is 63.6 Å². The maximum atomic E-state index is 12.5. The molecular formula is C21H34N4O8. The number of amides is 4. The molecule has 33 heavy (non-hydrogen) atoms. The summed E-state index contributed by atoms with van der Waals surface area (Å²) in [5.74, 6) is -2.29. The Bertz CT molecular complexity index is 766. The molecule has 0 aromatic rings. The number of guanidine groups is 1. The summed E-state index contributed by atoms with van der Waals surface area (Å²) < 4.78 is 10.4. The smallest absolute Gasteiger partial charge is 0.417 e. The highest BCUT2D eigenvalue weighted by Crippen LogP contribution is 2.15. The lowest BCUT2D eigenvalue weighted by Gasteiger charge is -2.28. The molecule has 0 unspecified atom stereocenters. The summed E-state index contributed by atoms with van der Waals surface area (Å²) in [6.45, 7) is 10.1. The zero-order chi connectivity index (χ0) is 25.4. The van der Waals surface area contributed by atoms with Crippen LogP contribution in [0, 0.1) is 5.41 Å².